The van der Waals surface area contributed by atoms with Crippen molar-refractivity contribution < 1.29 is 0 Å². The van der Waals surface area contributed by atoms with Crippen LogP contribution in [0.2, 0.25) is 0 Å². The van der Waals surface area contributed by atoms with Crippen LogP contribution in [-0.2, 0) is 7.05 Å². The number of hydrogen-bond acceptors (Lipinski definition) is 4. The van der Waals surface area contributed by atoms with E-state index >= 15 is 0 Å². The molecule has 80 valence electrons. The largest absolute Gasteiger partial charge is 0.271 e. The average Bonchev–Trinajstić information content (AvgIpc) is 2.79. The zero-order valence-electron chi connectivity index (χ0n) is 8.14. The molecule has 4 nitrogen and oxygen atoms in total. The van der Waals surface area contributed by atoms with Gasteiger partial charge in [-0.1, -0.05) is 0 Å². The maximum atomic E-state index is 5.59. The Morgan fingerprint density at radius 3 is 2.93 bits per heavy atom. The summed E-state index contributed by atoms with van der Waals surface area (Å²) in [4.78, 5) is 0. The van der Waals surface area contributed by atoms with Crippen molar-refractivity contribution in [3.05, 3.63) is 37.9 Å². The summed E-state index contributed by atoms with van der Waals surface area (Å²) < 4.78 is 3.08. The molecule has 0 aromatic carbocycles. The lowest BCUT2D eigenvalue weighted by Gasteiger charge is -2.14. The molecule has 2 aromatic heterocycles. The molecule has 0 spiro atoms. The van der Waals surface area contributed by atoms with Gasteiger partial charge in [-0.15, -0.1) is 11.3 Å². The molecule has 0 fully saturated rings. The van der Waals surface area contributed by atoms with E-state index in [0.717, 1.165) is 5.69 Å². The van der Waals surface area contributed by atoms with Gasteiger partial charge in [-0.2, -0.15) is 5.10 Å². The minimum Gasteiger partial charge on any atom is -0.271 e. The van der Waals surface area contributed by atoms with Gasteiger partial charge in [0.2, 0.25) is 0 Å². The predicted octanol–water partition coefficient (Wildman–Crippen LogP) is 1.64. The molecule has 0 radical (unpaired) electrons. The van der Waals surface area contributed by atoms with Crippen molar-refractivity contribution in [2.24, 2.45) is 12.9 Å². The van der Waals surface area contributed by atoms with Crippen molar-refractivity contribution in [1.82, 2.24) is 15.2 Å². The molecule has 0 aliphatic heterocycles. The number of nitrogens with zero attached hydrogens (tertiary/aromatic N) is 2. The van der Waals surface area contributed by atoms with Crippen LogP contribution in [0.5, 0.6) is 0 Å². The van der Waals surface area contributed by atoms with E-state index in [1.54, 1.807) is 17.5 Å². The Hall–Kier alpha value is -0.440. The molecule has 0 amide bonds. The molecule has 0 saturated heterocycles. The highest BCUT2D eigenvalue weighted by molar-refractivity contribution is 14.1. The summed E-state index contributed by atoms with van der Waals surface area (Å²) in [7, 11) is 1.91. The van der Waals surface area contributed by atoms with Gasteiger partial charge >= 0.3 is 0 Å². The van der Waals surface area contributed by atoms with Crippen LogP contribution in [0.15, 0.2) is 23.7 Å². The summed E-state index contributed by atoms with van der Waals surface area (Å²) in [6, 6.07) is 4.11. The molecule has 2 heterocycles. The number of hydrogen-bond donors (Lipinski definition) is 2. The molecule has 1 atom stereocenters. The molecule has 0 aliphatic carbocycles. The Balaban J connectivity index is 2.36. The number of hydrazine groups is 1. The Morgan fingerprint density at radius 1 is 1.67 bits per heavy atom. The fraction of sp³-hybridized carbons (Fsp3) is 0.222. The van der Waals surface area contributed by atoms with Crippen molar-refractivity contribution in [2.45, 2.75) is 6.04 Å². The highest BCUT2D eigenvalue weighted by Crippen LogP contribution is 2.26. The molecule has 6 heteroatoms. The summed E-state index contributed by atoms with van der Waals surface area (Å²) in [5.41, 5.74) is 5.06. The van der Waals surface area contributed by atoms with Gasteiger partial charge in [-0.05, 0) is 45.7 Å². The maximum absolute atomic E-state index is 5.59. The number of halogens is 1. The first-order valence-electron chi connectivity index (χ1n) is 4.40. The zero-order chi connectivity index (χ0) is 10.8. The highest BCUT2D eigenvalue weighted by atomic mass is 127. The van der Waals surface area contributed by atoms with E-state index in [9.17, 15) is 0 Å². The second-order valence-corrected chi connectivity index (χ2v) is 5.97. The van der Waals surface area contributed by atoms with Crippen molar-refractivity contribution in [3.8, 4) is 0 Å². The van der Waals surface area contributed by atoms with Crippen LogP contribution < -0.4 is 11.3 Å². The van der Waals surface area contributed by atoms with Gasteiger partial charge in [0.1, 0.15) is 0 Å². The number of nitrogens with one attached hydrogen (secondary N) is 1. The lowest BCUT2D eigenvalue weighted by atomic mass is 10.1. The topological polar surface area (TPSA) is 55.9 Å². The van der Waals surface area contributed by atoms with Gasteiger partial charge in [0.15, 0.2) is 0 Å². The molecule has 0 bridgehead atoms. The van der Waals surface area contributed by atoms with Gasteiger partial charge in [0.25, 0.3) is 0 Å². The molecule has 2 aromatic rings. The van der Waals surface area contributed by atoms with Gasteiger partial charge in [-0.25, -0.2) is 5.43 Å². The third-order valence-corrected chi connectivity index (χ3v) is 4.05. The SMILES string of the molecule is Cn1nccc1C(NN)c1csc(I)c1. The molecule has 0 saturated carbocycles. The summed E-state index contributed by atoms with van der Waals surface area (Å²) in [5, 5.41) is 6.25. The normalized spacial score (nSPS) is 13.0. The van der Waals surface area contributed by atoms with Crippen molar-refractivity contribution in [3.63, 3.8) is 0 Å². The molecule has 0 aliphatic rings. The molecule has 15 heavy (non-hydrogen) atoms. The molecule has 3 N–H and O–H groups in total. The minimum absolute atomic E-state index is 0.0114. The third-order valence-electron chi connectivity index (χ3n) is 2.24. The first kappa shape index (κ1) is 11.1. The van der Waals surface area contributed by atoms with Gasteiger partial charge in [-0.3, -0.25) is 10.5 Å². The Morgan fingerprint density at radius 2 is 2.47 bits per heavy atom. The summed E-state index contributed by atoms with van der Waals surface area (Å²) in [6.07, 6.45) is 1.77. The summed E-state index contributed by atoms with van der Waals surface area (Å²) >= 11 is 4.02. The minimum atomic E-state index is 0.0114. The van der Waals surface area contributed by atoms with Crippen LogP contribution >= 0.6 is 33.9 Å². The monoisotopic (exact) mass is 334 g/mol. The van der Waals surface area contributed by atoms with Crippen LogP contribution in [0.1, 0.15) is 17.3 Å². The number of nitrogens with two attached hydrogens (primary N) is 1. The van der Waals surface area contributed by atoms with Crippen LogP contribution in [0.4, 0.5) is 0 Å². The van der Waals surface area contributed by atoms with Crippen LogP contribution in [0, 0.1) is 2.88 Å². The second kappa shape index (κ2) is 4.60. The highest BCUT2D eigenvalue weighted by Gasteiger charge is 2.16. The number of aryl methyl sites for hydroxylation is 1. The maximum Gasteiger partial charge on any atom is 0.0886 e. The lowest BCUT2D eigenvalue weighted by Crippen LogP contribution is -2.30. The average molecular weight is 334 g/mol. The van der Waals surface area contributed by atoms with Crippen LogP contribution in [-0.4, -0.2) is 9.78 Å². The smallest absolute Gasteiger partial charge is 0.0886 e. The predicted molar refractivity (Wildman–Crippen MR) is 69.4 cm³/mol. The van der Waals surface area contributed by atoms with E-state index in [0.29, 0.717) is 0 Å². The molecular weight excluding hydrogens is 323 g/mol. The standard InChI is InChI=1S/C9H11IN4S/c1-14-7(2-3-12-14)9(13-11)6-4-8(10)15-5-6/h2-5,9,13H,11H2,1H3. The molecular formula is C9H11IN4S. The van der Waals surface area contributed by atoms with Crippen molar-refractivity contribution >= 4 is 33.9 Å². The third kappa shape index (κ3) is 2.22. The van der Waals surface area contributed by atoms with Crippen LogP contribution in [0.25, 0.3) is 0 Å². The number of thiophene rings is 1. The van der Waals surface area contributed by atoms with Crippen LogP contribution in [0.3, 0.4) is 0 Å². The quantitative estimate of drug-likeness (QED) is 0.510. The summed E-state index contributed by atoms with van der Waals surface area (Å²) in [5.74, 6) is 5.59. The summed E-state index contributed by atoms with van der Waals surface area (Å²) in [6.45, 7) is 0. The number of rotatable bonds is 3. The Bertz CT molecular complexity index is 450. The van der Waals surface area contributed by atoms with E-state index in [1.165, 1.54) is 8.45 Å². The first-order chi connectivity index (χ1) is 7.22. The van der Waals surface area contributed by atoms with E-state index in [2.05, 4.69) is 44.6 Å². The Labute approximate surface area is 106 Å². The van der Waals surface area contributed by atoms with Gasteiger partial charge in [0.05, 0.1) is 14.6 Å². The Kier molecular flexibility index (Phi) is 3.39. The fourth-order valence-electron chi connectivity index (χ4n) is 1.49. The van der Waals surface area contributed by atoms with Crippen molar-refractivity contribution in [1.29, 1.82) is 0 Å². The fourth-order valence-corrected chi connectivity index (χ4v) is 2.89. The van der Waals surface area contributed by atoms with Crippen molar-refractivity contribution in [2.75, 3.05) is 0 Å². The van der Waals surface area contributed by atoms with E-state index < -0.39 is 0 Å². The number of aromatic nitrogens is 2. The van der Waals surface area contributed by atoms with Gasteiger partial charge in [0, 0.05) is 13.2 Å². The van der Waals surface area contributed by atoms with E-state index in [4.69, 9.17) is 5.84 Å². The second-order valence-electron chi connectivity index (χ2n) is 3.16. The van der Waals surface area contributed by atoms with Gasteiger partial charge < -0.3 is 0 Å². The molecule has 1 unspecified atom stereocenters. The van der Waals surface area contributed by atoms with E-state index in [-0.39, 0.29) is 6.04 Å². The van der Waals surface area contributed by atoms with E-state index in [1.807, 2.05) is 17.8 Å². The lowest BCUT2D eigenvalue weighted by molar-refractivity contribution is 0.576. The zero-order valence-corrected chi connectivity index (χ0v) is 11.1. The first-order valence-corrected chi connectivity index (χ1v) is 6.36. The molecule has 2 rings (SSSR count).